The highest BCUT2D eigenvalue weighted by atomic mass is 32.2. The zero-order valence-corrected chi connectivity index (χ0v) is 11.4. The molecule has 1 saturated heterocycles. The molecule has 1 aliphatic heterocycles. The minimum absolute atomic E-state index is 0.303. The van der Waals surface area contributed by atoms with Crippen LogP contribution in [0.5, 0.6) is 0 Å². The third kappa shape index (κ3) is 3.14. The van der Waals surface area contributed by atoms with Crippen molar-refractivity contribution >= 4 is 34.5 Å². The molecule has 6 heteroatoms. The SMILES string of the molecule is Cc1cccc(C)c1N=C1NC(=O)[C@H](CC(=O)[O-])S1. The molecule has 19 heavy (non-hydrogen) atoms. The zero-order chi connectivity index (χ0) is 14.0. The highest BCUT2D eigenvalue weighted by molar-refractivity contribution is 8.15. The largest absolute Gasteiger partial charge is 0.550 e. The van der Waals surface area contributed by atoms with E-state index in [1.807, 2.05) is 32.0 Å². The number of para-hydroxylation sites is 1. The number of aliphatic imine (C=N–C) groups is 1. The number of carboxylic acids is 1. The Balaban J connectivity index is 2.22. The van der Waals surface area contributed by atoms with Gasteiger partial charge in [-0.2, -0.15) is 0 Å². The first-order valence-corrected chi connectivity index (χ1v) is 6.67. The number of rotatable bonds is 3. The Bertz CT molecular complexity index is 549. The molecule has 1 atom stereocenters. The number of aliphatic carboxylic acids is 1. The van der Waals surface area contributed by atoms with Crippen LogP contribution in [0.1, 0.15) is 17.5 Å². The Morgan fingerprint density at radius 3 is 2.63 bits per heavy atom. The fraction of sp³-hybridized carbons (Fsp3) is 0.308. The summed E-state index contributed by atoms with van der Waals surface area (Å²) in [6.07, 6.45) is -0.303. The summed E-state index contributed by atoms with van der Waals surface area (Å²) in [6, 6.07) is 5.81. The van der Waals surface area contributed by atoms with Gasteiger partial charge < -0.3 is 15.2 Å². The van der Waals surface area contributed by atoms with E-state index in [4.69, 9.17) is 0 Å². The van der Waals surface area contributed by atoms with E-state index < -0.39 is 11.2 Å². The maximum absolute atomic E-state index is 11.6. The Morgan fingerprint density at radius 2 is 2.05 bits per heavy atom. The van der Waals surface area contributed by atoms with Crippen LogP contribution in [0.4, 0.5) is 5.69 Å². The van der Waals surface area contributed by atoms with Crippen LogP contribution in [-0.4, -0.2) is 22.3 Å². The van der Waals surface area contributed by atoms with Gasteiger partial charge in [0, 0.05) is 12.4 Å². The molecule has 1 fully saturated rings. The van der Waals surface area contributed by atoms with E-state index in [2.05, 4.69) is 10.3 Å². The van der Waals surface area contributed by atoms with E-state index in [-0.39, 0.29) is 12.3 Å². The highest BCUT2D eigenvalue weighted by Gasteiger charge is 2.30. The minimum atomic E-state index is -1.24. The number of amides is 1. The number of amidine groups is 1. The normalized spacial score (nSPS) is 20.6. The first-order chi connectivity index (χ1) is 8.97. The molecule has 0 saturated carbocycles. The molecular weight excluding hydrogens is 264 g/mol. The van der Waals surface area contributed by atoms with Gasteiger partial charge in [0.25, 0.3) is 0 Å². The lowest BCUT2D eigenvalue weighted by Crippen LogP contribution is -2.31. The van der Waals surface area contributed by atoms with Crippen LogP contribution in [0.3, 0.4) is 0 Å². The van der Waals surface area contributed by atoms with Gasteiger partial charge >= 0.3 is 0 Å². The molecule has 2 rings (SSSR count). The Kier molecular flexibility index (Phi) is 3.90. The van der Waals surface area contributed by atoms with Gasteiger partial charge in [-0.05, 0) is 25.0 Å². The lowest BCUT2D eigenvalue weighted by Gasteiger charge is -2.05. The minimum Gasteiger partial charge on any atom is -0.550 e. The van der Waals surface area contributed by atoms with E-state index in [9.17, 15) is 14.7 Å². The lowest BCUT2D eigenvalue weighted by atomic mass is 10.1. The van der Waals surface area contributed by atoms with Crippen molar-refractivity contribution in [2.45, 2.75) is 25.5 Å². The monoisotopic (exact) mass is 277 g/mol. The molecule has 100 valence electrons. The summed E-state index contributed by atoms with van der Waals surface area (Å²) in [5.41, 5.74) is 2.82. The predicted octanol–water partition coefficient (Wildman–Crippen LogP) is 0.663. The summed E-state index contributed by atoms with van der Waals surface area (Å²) in [5, 5.41) is 12.9. The van der Waals surface area contributed by atoms with Crippen LogP contribution < -0.4 is 10.4 Å². The van der Waals surface area contributed by atoms with E-state index in [0.717, 1.165) is 28.6 Å². The lowest BCUT2D eigenvalue weighted by molar-refractivity contribution is -0.305. The number of benzene rings is 1. The average molecular weight is 277 g/mol. The van der Waals surface area contributed by atoms with Crippen molar-refractivity contribution in [1.82, 2.24) is 5.32 Å². The van der Waals surface area contributed by atoms with E-state index in [0.29, 0.717) is 5.17 Å². The number of hydrogen-bond acceptors (Lipinski definition) is 5. The Labute approximate surface area is 115 Å². The molecule has 0 spiro atoms. The third-order valence-corrected chi connectivity index (χ3v) is 3.86. The fourth-order valence-electron chi connectivity index (χ4n) is 1.83. The molecule has 5 nitrogen and oxygen atoms in total. The maximum Gasteiger partial charge on any atom is 0.239 e. The third-order valence-electron chi connectivity index (χ3n) is 2.78. The first kappa shape index (κ1) is 13.6. The van der Waals surface area contributed by atoms with Crippen LogP contribution in [-0.2, 0) is 9.59 Å². The maximum atomic E-state index is 11.6. The summed E-state index contributed by atoms with van der Waals surface area (Å²) in [7, 11) is 0. The first-order valence-electron chi connectivity index (χ1n) is 5.79. The van der Waals surface area contributed by atoms with E-state index in [1.165, 1.54) is 0 Å². The van der Waals surface area contributed by atoms with Crippen molar-refractivity contribution in [2.75, 3.05) is 0 Å². The number of nitrogens with zero attached hydrogens (tertiary/aromatic N) is 1. The number of thioether (sulfide) groups is 1. The summed E-state index contributed by atoms with van der Waals surface area (Å²) in [4.78, 5) is 26.5. The van der Waals surface area contributed by atoms with Crippen LogP contribution >= 0.6 is 11.8 Å². The number of carbonyl (C=O) groups is 2. The number of carbonyl (C=O) groups excluding carboxylic acids is 2. The van der Waals surface area contributed by atoms with Crippen LogP contribution in [0, 0.1) is 13.8 Å². The molecule has 0 radical (unpaired) electrons. The second-order valence-electron chi connectivity index (χ2n) is 4.33. The van der Waals surface area contributed by atoms with Crippen molar-refractivity contribution in [1.29, 1.82) is 0 Å². The number of nitrogens with one attached hydrogen (secondary N) is 1. The predicted molar refractivity (Wildman–Crippen MR) is 72.2 cm³/mol. The van der Waals surface area contributed by atoms with Gasteiger partial charge in [0.2, 0.25) is 5.91 Å². The summed E-state index contributed by atoms with van der Waals surface area (Å²) in [6.45, 7) is 3.87. The van der Waals surface area contributed by atoms with Crippen molar-refractivity contribution in [3.63, 3.8) is 0 Å². The fourth-order valence-corrected chi connectivity index (χ4v) is 2.79. The summed E-state index contributed by atoms with van der Waals surface area (Å²) >= 11 is 1.13. The molecule has 0 aliphatic carbocycles. The van der Waals surface area contributed by atoms with Gasteiger partial charge in [-0.15, -0.1) is 0 Å². The van der Waals surface area contributed by atoms with Gasteiger partial charge in [-0.3, -0.25) is 4.79 Å². The number of hydrogen-bond donors (Lipinski definition) is 1. The van der Waals surface area contributed by atoms with Crippen LogP contribution in [0.25, 0.3) is 0 Å². The highest BCUT2D eigenvalue weighted by Crippen LogP contribution is 2.28. The molecule has 0 bridgehead atoms. The molecule has 1 aromatic carbocycles. The van der Waals surface area contributed by atoms with Gasteiger partial charge in [0.1, 0.15) is 0 Å². The van der Waals surface area contributed by atoms with Crippen molar-refractivity contribution in [3.8, 4) is 0 Å². The van der Waals surface area contributed by atoms with Gasteiger partial charge in [-0.25, -0.2) is 4.99 Å². The molecule has 1 heterocycles. The molecule has 1 N–H and O–H groups in total. The molecule has 1 amide bonds. The van der Waals surface area contributed by atoms with Crippen molar-refractivity contribution in [2.24, 2.45) is 4.99 Å². The van der Waals surface area contributed by atoms with Crippen LogP contribution in [0.15, 0.2) is 23.2 Å². The van der Waals surface area contributed by atoms with Crippen molar-refractivity contribution < 1.29 is 14.7 Å². The van der Waals surface area contributed by atoms with Gasteiger partial charge in [0.15, 0.2) is 5.17 Å². The zero-order valence-electron chi connectivity index (χ0n) is 10.6. The van der Waals surface area contributed by atoms with Gasteiger partial charge in [-0.1, -0.05) is 30.0 Å². The van der Waals surface area contributed by atoms with Crippen LogP contribution in [0.2, 0.25) is 0 Å². The molecule has 0 aromatic heterocycles. The molecule has 1 aromatic rings. The second-order valence-corrected chi connectivity index (χ2v) is 5.52. The van der Waals surface area contributed by atoms with Gasteiger partial charge in [0.05, 0.1) is 10.9 Å². The van der Waals surface area contributed by atoms with E-state index in [1.54, 1.807) is 0 Å². The Morgan fingerprint density at radius 1 is 1.42 bits per heavy atom. The standard InChI is InChI=1S/C13H14N2O3S/c1-7-4-3-5-8(2)11(7)14-13-15-12(18)9(19-13)6-10(16)17/h3-5,9H,6H2,1-2H3,(H,16,17)(H,14,15,18)/p-1/t9-/m0/s1. The molecule has 0 unspecified atom stereocenters. The van der Waals surface area contributed by atoms with Crippen molar-refractivity contribution in [3.05, 3.63) is 29.3 Å². The number of aryl methyl sites for hydroxylation is 2. The quantitative estimate of drug-likeness (QED) is 0.880. The second kappa shape index (κ2) is 5.44. The molecule has 1 aliphatic rings. The smallest absolute Gasteiger partial charge is 0.239 e. The number of carboxylic acid groups (broad SMARTS) is 1. The topological polar surface area (TPSA) is 81.6 Å². The summed E-state index contributed by atoms with van der Waals surface area (Å²) in [5.74, 6) is -1.57. The Hall–Kier alpha value is -1.82. The summed E-state index contributed by atoms with van der Waals surface area (Å²) < 4.78 is 0. The average Bonchev–Trinajstić information content (AvgIpc) is 2.64. The van der Waals surface area contributed by atoms with E-state index >= 15 is 0 Å². The molecular formula is C13H13N2O3S-.